The molecule has 1 unspecified atom stereocenters. The van der Waals surface area contributed by atoms with Gasteiger partial charge in [0.2, 0.25) is 10.0 Å². The number of para-hydroxylation sites is 1. The summed E-state index contributed by atoms with van der Waals surface area (Å²) < 4.78 is 46.9. The van der Waals surface area contributed by atoms with Crippen LogP contribution in [0.3, 0.4) is 0 Å². The minimum Gasteiger partial charge on any atom is -0.379 e. The maximum absolute atomic E-state index is 14.6. The van der Waals surface area contributed by atoms with Crippen molar-refractivity contribution in [3.8, 4) is 0 Å². The first-order chi connectivity index (χ1) is 13.9. The van der Waals surface area contributed by atoms with Gasteiger partial charge in [-0.2, -0.15) is 4.31 Å². The molecule has 0 aliphatic carbocycles. The highest BCUT2D eigenvalue weighted by Crippen LogP contribution is 2.36. The molecule has 0 spiro atoms. The average molecular weight is 418 g/mol. The van der Waals surface area contributed by atoms with Gasteiger partial charge in [0.1, 0.15) is 5.82 Å². The van der Waals surface area contributed by atoms with E-state index in [4.69, 9.17) is 4.74 Å². The number of fused-ring (bicyclic) bond motifs is 1. The van der Waals surface area contributed by atoms with E-state index >= 15 is 0 Å². The van der Waals surface area contributed by atoms with Gasteiger partial charge in [0.15, 0.2) is 0 Å². The molecule has 0 saturated carbocycles. The van der Waals surface area contributed by atoms with Crippen molar-refractivity contribution in [3.05, 3.63) is 59.4 Å². The predicted octanol–water partition coefficient (Wildman–Crippen LogP) is 3.00. The second kappa shape index (κ2) is 7.85. The molecule has 2 aromatic rings. The Kier molecular flexibility index (Phi) is 5.42. The van der Waals surface area contributed by atoms with Gasteiger partial charge >= 0.3 is 0 Å². The van der Waals surface area contributed by atoms with Crippen LogP contribution >= 0.6 is 0 Å². The highest BCUT2D eigenvalue weighted by molar-refractivity contribution is 7.89. The fourth-order valence-corrected chi connectivity index (χ4v) is 5.30. The van der Waals surface area contributed by atoms with E-state index in [-0.39, 0.29) is 23.5 Å². The summed E-state index contributed by atoms with van der Waals surface area (Å²) in [5.41, 5.74) is 1.55. The van der Waals surface area contributed by atoms with Crippen LogP contribution in [0.5, 0.6) is 0 Å². The standard InChI is InChI=1S/C21H23FN2O4S/c1-15-8-9-24(20-5-3-2-4-17(15)20)21(25)18-14-16(6-7-19(18)22)29(26,27)23-10-12-28-13-11-23/h2-7,14-15H,8-13H2,1H3. The number of hydrogen-bond donors (Lipinski definition) is 0. The zero-order valence-electron chi connectivity index (χ0n) is 16.2. The second-order valence-electron chi connectivity index (χ2n) is 7.36. The van der Waals surface area contributed by atoms with E-state index in [1.54, 1.807) is 4.90 Å². The fraction of sp³-hybridized carbons (Fsp3) is 0.381. The Bertz CT molecular complexity index is 1030. The molecule has 8 heteroatoms. The van der Waals surface area contributed by atoms with Crippen molar-refractivity contribution in [2.75, 3.05) is 37.7 Å². The lowest BCUT2D eigenvalue weighted by molar-refractivity contribution is 0.0730. The molecule has 0 aromatic heterocycles. The number of carbonyl (C=O) groups is 1. The molecule has 1 atom stereocenters. The van der Waals surface area contributed by atoms with E-state index in [2.05, 4.69) is 6.92 Å². The van der Waals surface area contributed by atoms with Crippen LogP contribution < -0.4 is 4.90 Å². The van der Waals surface area contributed by atoms with Crippen molar-refractivity contribution >= 4 is 21.6 Å². The van der Waals surface area contributed by atoms with Crippen LogP contribution in [-0.2, 0) is 14.8 Å². The quantitative estimate of drug-likeness (QED) is 0.769. The summed E-state index contributed by atoms with van der Waals surface area (Å²) in [4.78, 5) is 14.7. The zero-order valence-corrected chi connectivity index (χ0v) is 17.0. The van der Waals surface area contributed by atoms with Crippen LogP contribution in [0.1, 0.15) is 35.2 Å². The lowest BCUT2D eigenvalue weighted by atomic mass is 9.91. The number of hydrogen-bond acceptors (Lipinski definition) is 4. The SMILES string of the molecule is CC1CCN(C(=O)c2cc(S(=O)(=O)N3CCOCC3)ccc2F)c2ccccc21. The normalized spacial score (nSPS) is 20.3. The van der Waals surface area contributed by atoms with Gasteiger partial charge in [-0.05, 0) is 42.2 Å². The monoisotopic (exact) mass is 418 g/mol. The van der Waals surface area contributed by atoms with E-state index in [0.717, 1.165) is 29.8 Å². The van der Waals surface area contributed by atoms with Gasteiger partial charge in [0.25, 0.3) is 5.91 Å². The number of sulfonamides is 1. The summed E-state index contributed by atoms with van der Waals surface area (Å²) in [6.45, 7) is 3.65. The molecule has 0 bridgehead atoms. The van der Waals surface area contributed by atoms with Crippen molar-refractivity contribution in [1.29, 1.82) is 0 Å². The number of nitrogens with zero attached hydrogens (tertiary/aromatic N) is 2. The van der Waals surface area contributed by atoms with Crippen LogP contribution in [-0.4, -0.2) is 51.5 Å². The van der Waals surface area contributed by atoms with Crippen molar-refractivity contribution in [3.63, 3.8) is 0 Å². The summed E-state index contributed by atoms with van der Waals surface area (Å²) in [6, 6.07) is 11.0. The molecule has 29 heavy (non-hydrogen) atoms. The number of morpholine rings is 1. The molecule has 154 valence electrons. The lowest BCUT2D eigenvalue weighted by Gasteiger charge is -2.33. The summed E-state index contributed by atoms with van der Waals surface area (Å²) in [5, 5.41) is 0. The molecule has 2 heterocycles. The zero-order chi connectivity index (χ0) is 20.6. The number of ether oxygens (including phenoxy) is 1. The summed E-state index contributed by atoms with van der Waals surface area (Å²) in [6.07, 6.45) is 0.760. The van der Waals surface area contributed by atoms with Crippen molar-refractivity contribution in [2.45, 2.75) is 24.2 Å². The average Bonchev–Trinajstić information content (AvgIpc) is 2.74. The molecule has 2 aliphatic heterocycles. The number of halogens is 1. The van der Waals surface area contributed by atoms with Gasteiger partial charge in [-0.15, -0.1) is 0 Å². The summed E-state index contributed by atoms with van der Waals surface area (Å²) in [7, 11) is -3.82. The molecule has 0 N–H and O–H groups in total. The molecule has 1 amide bonds. The van der Waals surface area contributed by atoms with Gasteiger partial charge in [-0.25, -0.2) is 12.8 Å². The molecular formula is C21H23FN2O4S. The van der Waals surface area contributed by atoms with Crippen molar-refractivity contribution in [2.24, 2.45) is 0 Å². The van der Waals surface area contributed by atoms with Gasteiger partial charge in [-0.3, -0.25) is 4.79 Å². The third kappa shape index (κ3) is 3.68. The van der Waals surface area contributed by atoms with E-state index in [1.165, 1.54) is 10.4 Å². The molecule has 4 rings (SSSR count). The maximum Gasteiger partial charge on any atom is 0.261 e. The minimum absolute atomic E-state index is 0.0807. The molecule has 0 radical (unpaired) electrons. The van der Waals surface area contributed by atoms with Crippen LogP contribution in [0, 0.1) is 5.82 Å². The largest absolute Gasteiger partial charge is 0.379 e. The van der Waals surface area contributed by atoms with Gasteiger partial charge in [-0.1, -0.05) is 25.1 Å². The molecule has 2 aromatic carbocycles. The third-order valence-corrected chi connectivity index (χ3v) is 7.46. The Labute approximate surface area is 169 Å². The maximum atomic E-state index is 14.6. The van der Waals surface area contributed by atoms with Crippen molar-refractivity contribution in [1.82, 2.24) is 4.31 Å². The number of anilines is 1. The molecular weight excluding hydrogens is 395 g/mol. The number of rotatable bonds is 3. The number of benzene rings is 2. The van der Waals surface area contributed by atoms with E-state index in [9.17, 15) is 17.6 Å². The van der Waals surface area contributed by atoms with Gasteiger partial charge < -0.3 is 9.64 Å². The second-order valence-corrected chi connectivity index (χ2v) is 9.30. The molecule has 1 fully saturated rings. The molecule has 6 nitrogen and oxygen atoms in total. The summed E-state index contributed by atoms with van der Waals surface area (Å²) in [5.74, 6) is -0.957. The minimum atomic E-state index is -3.82. The predicted molar refractivity (Wildman–Crippen MR) is 107 cm³/mol. The Balaban J connectivity index is 1.70. The number of amides is 1. The van der Waals surface area contributed by atoms with Crippen LogP contribution in [0.15, 0.2) is 47.4 Å². The van der Waals surface area contributed by atoms with Gasteiger partial charge in [0.05, 0.1) is 23.7 Å². The first-order valence-corrected chi connectivity index (χ1v) is 11.1. The fourth-order valence-electron chi connectivity index (χ4n) is 3.87. The number of carbonyl (C=O) groups excluding carboxylic acids is 1. The first-order valence-electron chi connectivity index (χ1n) is 9.68. The van der Waals surface area contributed by atoms with E-state index < -0.39 is 21.7 Å². The lowest BCUT2D eigenvalue weighted by Crippen LogP contribution is -2.41. The third-order valence-electron chi connectivity index (χ3n) is 5.57. The van der Waals surface area contributed by atoms with Crippen LogP contribution in [0.2, 0.25) is 0 Å². The highest BCUT2D eigenvalue weighted by Gasteiger charge is 2.31. The molecule has 2 aliphatic rings. The topological polar surface area (TPSA) is 66.9 Å². The smallest absolute Gasteiger partial charge is 0.261 e. The van der Waals surface area contributed by atoms with E-state index in [1.807, 2.05) is 24.3 Å². The van der Waals surface area contributed by atoms with E-state index in [0.29, 0.717) is 25.7 Å². The van der Waals surface area contributed by atoms with Crippen molar-refractivity contribution < 1.29 is 22.3 Å². The Morgan fingerprint density at radius 2 is 1.83 bits per heavy atom. The van der Waals surface area contributed by atoms with Crippen LogP contribution in [0.4, 0.5) is 10.1 Å². The summed E-state index contributed by atoms with van der Waals surface area (Å²) >= 11 is 0. The van der Waals surface area contributed by atoms with Gasteiger partial charge in [0, 0.05) is 25.3 Å². The van der Waals surface area contributed by atoms with Crippen LogP contribution in [0.25, 0.3) is 0 Å². The molecule has 1 saturated heterocycles. The Hall–Kier alpha value is -2.29. The Morgan fingerprint density at radius 1 is 1.10 bits per heavy atom. The first kappa shape index (κ1) is 20.0. The Morgan fingerprint density at radius 3 is 2.59 bits per heavy atom. The highest BCUT2D eigenvalue weighted by atomic mass is 32.2.